The van der Waals surface area contributed by atoms with E-state index in [-0.39, 0.29) is 6.09 Å². The van der Waals surface area contributed by atoms with Crippen LogP contribution in [0.25, 0.3) is 0 Å². The fourth-order valence-electron chi connectivity index (χ4n) is 3.73. The maximum absolute atomic E-state index is 12.2. The Morgan fingerprint density at radius 3 is 2.48 bits per heavy atom. The molecule has 7 heteroatoms. The lowest BCUT2D eigenvalue weighted by Crippen LogP contribution is -2.41. The summed E-state index contributed by atoms with van der Waals surface area (Å²) in [6.45, 7) is 7.85. The van der Waals surface area contributed by atoms with Gasteiger partial charge in [-0.3, -0.25) is 4.79 Å². The second kappa shape index (κ2) is 11.9. The molecule has 1 aliphatic heterocycles. The molecule has 1 fully saturated rings. The molecule has 0 aromatic heterocycles. The van der Waals surface area contributed by atoms with Crippen molar-refractivity contribution in [2.24, 2.45) is 11.7 Å². The van der Waals surface area contributed by atoms with E-state index < -0.39 is 17.6 Å². The van der Waals surface area contributed by atoms with Crippen molar-refractivity contribution in [1.82, 2.24) is 4.90 Å². The molecule has 1 aromatic carbocycles. The summed E-state index contributed by atoms with van der Waals surface area (Å²) < 4.78 is 16.1. The number of nitrogens with zero attached hydrogens (tertiary/aromatic N) is 1. The number of unbranched alkanes of at least 4 members (excludes halogenated alkanes) is 1. The third kappa shape index (κ3) is 8.77. The molecular weight excluding hydrogens is 396 g/mol. The third-order valence-corrected chi connectivity index (χ3v) is 5.45. The Balaban J connectivity index is 1.66. The highest BCUT2D eigenvalue weighted by atomic mass is 16.6. The smallest absolute Gasteiger partial charge is 0.410 e. The number of amides is 1. The first-order valence-electron chi connectivity index (χ1n) is 11.2. The minimum absolute atomic E-state index is 0.204. The number of hydrogen-bond donors (Lipinski definition) is 1. The van der Waals surface area contributed by atoms with E-state index in [4.69, 9.17) is 19.9 Å². The van der Waals surface area contributed by atoms with Crippen LogP contribution in [-0.2, 0) is 20.7 Å². The number of hydrogen-bond acceptors (Lipinski definition) is 6. The van der Waals surface area contributed by atoms with Crippen LogP contribution in [0.1, 0.15) is 58.4 Å². The zero-order valence-electron chi connectivity index (χ0n) is 19.4. The Hall–Kier alpha value is -2.28. The van der Waals surface area contributed by atoms with Crippen LogP contribution in [0.5, 0.6) is 5.75 Å². The fraction of sp³-hybridized carbons (Fsp3) is 0.667. The number of methoxy groups -OCH3 is 1. The molecule has 1 aromatic rings. The predicted molar refractivity (Wildman–Crippen MR) is 120 cm³/mol. The van der Waals surface area contributed by atoms with Gasteiger partial charge >= 0.3 is 12.1 Å². The molecule has 0 saturated carbocycles. The highest BCUT2D eigenvalue weighted by molar-refractivity contribution is 5.75. The van der Waals surface area contributed by atoms with Crippen molar-refractivity contribution < 1.29 is 23.8 Å². The van der Waals surface area contributed by atoms with Crippen molar-refractivity contribution >= 4 is 12.1 Å². The van der Waals surface area contributed by atoms with Crippen LogP contribution in [0.3, 0.4) is 0 Å². The Morgan fingerprint density at radius 2 is 1.84 bits per heavy atom. The minimum Gasteiger partial charge on any atom is -0.493 e. The molecule has 1 atom stereocenters. The lowest BCUT2D eigenvalue weighted by Gasteiger charge is -2.33. The first kappa shape index (κ1) is 25.0. The predicted octanol–water partition coefficient (Wildman–Crippen LogP) is 3.93. The number of carbonyl (C=O) groups excluding carboxylic acids is 2. The van der Waals surface area contributed by atoms with Gasteiger partial charge < -0.3 is 24.8 Å². The Labute approximate surface area is 186 Å². The van der Waals surface area contributed by atoms with Crippen LogP contribution in [0, 0.1) is 5.92 Å². The molecule has 2 N–H and O–H groups in total. The zero-order chi connectivity index (χ0) is 22.9. The van der Waals surface area contributed by atoms with Gasteiger partial charge in [0.05, 0.1) is 13.7 Å². The maximum atomic E-state index is 12.2. The lowest BCUT2D eigenvalue weighted by molar-refractivity contribution is -0.142. The molecule has 31 heavy (non-hydrogen) atoms. The van der Waals surface area contributed by atoms with Gasteiger partial charge in [-0.2, -0.15) is 0 Å². The maximum Gasteiger partial charge on any atom is 0.410 e. The summed E-state index contributed by atoms with van der Waals surface area (Å²) in [7, 11) is 1.34. The Morgan fingerprint density at radius 1 is 1.16 bits per heavy atom. The molecule has 1 unspecified atom stereocenters. The van der Waals surface area contributed by atoms with E-state index in [1.807, 2.05) is 49.9 Å². The standard InChI is InChI=1S/C24H38N2O5/c1-24(2,3)31-23(28)26-14-12-18(13-15-26)9-7-8-16-30-21-11-6-5-10-19(21)17-20(25)22(27)29-4/h5-6,10-11,18,20H,7-9,12-17,25H2,1-4H3. The topological polar surface area (TPSA) is 91.1 Å². The molecule has 0 bridgehead atoms. The summed E-state index contributed by atoms with van der Waals surface area (Å²) in [5.74, 6) is 0.990. The number of esters is 1. The molecule has 0 spiro atoms. The van der Waals surface area contributed by atoms with Gasteiger partial charge in [-0.15, -0.1) is 0 Å². The Bertz CT molecular complexity index is 708. The molecule has 1 heterocycles. The zero-order valence-corrected chi connectivity index (χ0v) is 19.4. The normalized spacial score (nSPS) is 16.0. The van der Waals surface area contributed by atoms with E-state index in [0.29, 0.717) is 18.9 Å². The summed E-state index contributed by atoms with van der Waals surface area (Å²) in [5, 5.41) is 0. The molecule has 7 nitrogen and oxygen atoms in total. The molecular formula is C24H38N2O5. The number of para-hydroxylation sites is 1. The number of piperidine rings is 1. The van der Waals surface area contributed by atoms with E-state index in [9.17, 15) is 9.59 Å². The average molecular weight is 435 g/mol. The molecule has 2 rings (SSSR count). The van der Waals surface area contributed by atoms with E-state index in [0.717, 1.165) is 56.5 Å². The van der Waals surface area contributed by atoms with Crippen LogP contribution in [0.4, 0.5) is 4.79 Å². The van der Waals surface area contributed by atoms with Crippen molar-refractivity contribution in [3.8, 4) is 5.75 Å². The SMILES string of the molecule is COC(=O)C(N)Cc1ccccc1OCCCCC1CCN(C(=O)OC(C)(C)C)CC1. The molecule has 174 valence electrons. The summed E-state index contributed by atoms with van der Waals surface area (Å²) in [6, 6.07) is 6.97. The number of carbonyl (C=O) groups is 2. The second-order valence-corrected chi connectivity index (χ2v) is 9.20. The van der Waals surface area contributed by atoms with Crippen molar-refractivity contribution in [3.05, 3.63) is 29.8 Å². The van der Waals surface area contributed by atoms with Gasteiger partial charge in [0.1, 0.15) is 17.4 Å². The van der Waals surface area contributed by atoms with Gasteiger partial charge in [0, 0.05) is 19.5 Å². The molecule has 1 amide bonds. The van der Waals surface area contributed by atoms with Crippen molar-refractivity contribution in [2.45, 2.75) is 70.9 Å². The molecule has 1 saturated heterocycles. The van der Waals surface area contributed by atoms with E-state index >= 15 is 0 Å². The quantitative estimate of drug-likeness (QED) is 0.468. The first-order chi connectivity index (χ1) is 14.7. The first-order valence-corrected chi connectivity index (χ1v) is 11.2. The van der Waals surface area contributed by atoms with E-state index in [1.165, 1.54) is 7.11 Å². The number of rotatable bonds is 9. The molecule has 0 aliphatic carbocycles. The molecule has 1 aliphatic rings. The number of benzene rings is 1. The van der Waals surface area contributed by atoms with Crippen LogP contribution in [0.2, 0.25) is 0 Å². The summed E-state index contributed by atoms with van der Waals surface area (Å²) in [5.41, 5.74) is 6.35. The van der Waals surface area contributed by atoms with Crippen molar-refractivity contribution in [2.75, 3.05) is 26.8 Å². The van der Waals surface area contributed by atoms with Crippen LogP contribution in [0.15, 0.2) is 24.3 Å². The average Bonchev–Trinajstić information content (AvgIpc) is 2.73. The lowest BCUT2D eigenvalue weighted by atomic mass is 9.92. The van der Waals surface area contributed by atoms with Gasteiger partial charge in [0.25, 0.3) is 0 Å². The van der Waals surface area contributed by atoms with Gasteiger partial charge in [-0.1, -0.05) is 24.6 Å². The summed E-state index contributed by atoms with van der Waals surface area (Å²) in [4.78, 5) is 25.6. The number of ether oxygens (including phenoxy) is 3. The van der Waals surface area contributed by atoms with Crippen molar-refractivity contribution in [3.63, 3.8) is 0 Å². The van der Waals surface area contributed by atoms with Crippen LogP contribution in [-0.4, -0.2) is 55.4 Å². The van der Waals surface area contributed by atoms with Gasteiger partial charge in [-0.25, -0.2) is 4.79 Å². The second-order valence-electron chi connectivity index (χ2n) is 9.20. The van der Waals surface area contributed by atoms with E-state index in [1.54, 1.807) is 0 Å². The third-order valence-electron chi connectivity index (χ3n) is 5.45. The Kier molecular flexibility index (Phi) is 9.62. The summed E-state index contributed by atoms with van der Waals surface area (Å²) >= 11 is 0. The van der Waals surface area contributed by atoms with Crippen molar-refractivity contribution in [1.29, 1.82) is 0 Å². The molecule has 0 radical (unpaired) electrons. The summed E-state index contributed by atoms with van der Waals surface area (Å²) in [6.07, 6.45) is 5.41. The number of likely N-dealkylation sites (tertiary alicyclic amines) is 1. The van der Waals surface area contributed by atoms with Gasteiger partial charge in [-0.05, 0) is 64.0 Å². The van der Waals surface area contributed by atoms with E-state index in [2.05, 4.69) is 0 Å². The number of nitrogens with two attached hydrogens (primary N) is 1. The van der Waals surface area contributed by atoms with Crippen LogP contribution >= 0.6 is 0 Å². The monoisotopic (exact) mass is 434 g/mol. The largest absolute Gasteiger partial charge is 0.493 e. The van der Waals surface area contributed by atoms with Gasteiger partial charge in [0.2, 0.25) is 0 Å². The van der Waals surface area contributed by atoms with Gasteiger partial charge in [0.15, 0.2) is 0 Å². The van der Waals surface area contributed by atoms with Crippen LogP contribution < -0.4 is 10.5 Å². The highest BCUT2D eigenvalue weighted by Crippen LogP contribution is 2.25. The highest BCUT2D eigenvalue weighted by Gasteiger charge is 2.26. The minimum atomic E-state index is -0.693. The fourth-order valence-corrected chi connectivity index (χ4v) is 3.73.